The third kappa shape index (κ3) is 25.7. The molecule has 0 heterocycles. The van der Waals surface area contributed by atoms with E-state index in [0.29, 0.717) is 17.4 Å². The minimum absolute atomic E-state index is 0.196. The van der Waals surface area contributed by atoms with E-state index in [1.165, 1.54) is 89.9 Å². The van der Waals surface area contributed by atoms with Crippen LogP contribution in [-0.2, 0) is 13.6 Å². The number of phosphoric acid groups is 1. The third-order valence-corrected chi connectivity index (χ3v) is 8.03. The summed E-state index contributed by atoms with van der Waals surface area (Å²) in [6.45, 7) is 6.44. The molecular formula is C29H63NO5P+. The van der Waals surface area contributed by atoms with E-state index in [2.05, 4.69) is 27.9 Å². The molecule has 0 fully saturated rings. The fraction of sp³-hybridized carbons (Fsp3) is 1.00. The van der Waals surface area contributed by atoms with Crippen LogP contribution in [0.1, 0.15) is 142 Å². The van der Waals surface area contributed by atoms with Gasteiger partial charge in [-0.2, -0.15) is 0 Å². The summed E-state index contributed by atoms with van der Waals surface area (Å²) in [6, 6.07) is 0. The second kappa shape index (κ2) is 24.1. The van der Waals surface area contributed by atoms with Crippen LogP contribution in [0.3, 0.4) is 0 Å². The van der Waals surface area contributed by atoms with Crippen LogP contribution < -0.4 is 0 Å². The lowest BCUT2D eigenvalue weighted by Gasteiger charge is -2.32. The summed E-state index contributed by atoms with van der Waals surface area (Å²) in [5.74, 6) is 0. The van der Waals surface area contributed by atoms with Gasteiger partial charge >= 0.3 is 7.82 Å². The van der Waals surface area contributed by atoms with Gasteiger partial charge < -0.3 is 14.5 Å². The monoisotopic (exact) mass is 536 g/mol. The minimum Gasteiger partial charge on any atom is -0.387 e. The number of quaternary nitrogens is 1. The van der Waals surface area contributed by atoms with Crippen molar-refractivity contribution < 1.29 is 28.1 Å². The van der Waals surface area contributed by atoms with E-state index in [-0.39, 0.29) is 19.3 Å². The molecule has 0 aromatic rings. The van der Waals surface area contributed by atoms with Gasteiger partial charge in [0.25, 0.3) is 0 Å². The molecule has 0 aliphatic heterocycles. The maximum Gasteiger partial charge on any atom is 0.472 e. The highest BCUT2D eigenvalue weighted by Crippen LogP contribution is 2.43. The fourth-order valence-corrected chi connectivity index (χ4v) is 5.54. The molecular weight excluding hydrogens is 473 g/mol. The molecule has 0 bridgehead atoms. The highest BCUT2D eigenvalue weighted by Gasteiger charge is 2.23. The molecule has 2 atom stereocenters. The first-order valence-corrected chi connectivity index (χ1v) is 16.8. The van der Waals surface area contributed by atoms with Crippen LogP contribution in [0.4, 0.5) is 0 Å². The van der Waals surface area contributed by atoms with Gasteiger partial charge in [0.2, 0.25) is 0 Å². The first kappa shape index (κ1) is 36.0. The predicted octanol–water partition coefficient (Wildman–Crippen LogP) is 8.40. The second-order valence-corrected chi connectivity index (χ2v) is 12.9. The molecule has 0 radical (unpaired) electrons. The first-order chi connectivity index (χ1) is 17.2. The van der Waals surface area contributed by atoms with Crippen molar-refractivity contribution in [2.45, 2.75) is 148 Å². The molecule has 0 saturated carbocycles. The molecule has 7 heteroatoms. The van der Waals surface area contributed by atoms with Crippen molar-refractivity contribution >= 4 is 7.82 Å². The van der Waals surface area contributed by atoms with Crippen LogP contribution in [0.25, 0.3) is 0 Å². The molecule has 0 aromatic carbocycles. The Bertz CT molecular complexity index is 518. The number of hydrogen-bond acceptors (Lipinski definition) is 4. The molecule has 2 N–H and O–H groups in total. The standard InChI is InChI=1S/C29H62NO5P/c1-5-7-9-11-13-15-16-18-20-22-26-34-36(32,33)35-27-23-25-30(3,4)28-29(31)24-21-19-17-14-12-10-8-6-2/h29,31H,5-28H2,1-4H3/p+1. The Morgan fingerprint density at radius 1 is 0.639 bits per heavy atom. The highest BCUT2D eigenvalue weighted by atomic mass is 31.2. The highest BCUT2D eigenvalue weighted by molar-refractivity contribution is 7.47. The van der Waals surface area contributed by atoms with Crippen LogP contribution >= 0.6 is 7.82 Å². The summed E-state index contributed by atoms with van der Waals surface area (Å²) in [7, 11) is 0.222. The van der Waals surface area contributed by atoms with Gasteiger partial charge in [-0.3, -0.25) is 9.05 Å². The van der Waals surface area contributed by atoms with Gasteiger partial charge in [-0.25, -0.2) is 4.57 Å². The van der Waals surface area contributed by atoms with Gasteiger partial charge in [0.1, 0.15) is 12.6 Å². The van der Waals surface area contributed by atoms with Gasteiger partial charge in [-0.05, 0) is 12.8 Å². The Labute approximate surface area is 224 Å². The maximum atomic E-state index is 12.1. The van der Waals surface area contributed by atoms with Crippen molar-refractivity contribution in [1.29, 1.82) is 0 Å². The number of hydrogen-bond donors (Lipinski definition) is 2. The number of rotatable bonds is 28. The normalized spacial score (nSPS) is 14.7. The zero-order valence-electron chi connectivity index (χ0n) is 24.6. The third-order valence-electron chi connectivity index (χ3n) is 7.01. The predicted molar refractivity (Wildman–Crippen MR) is 153 cm³/mol. The molecule has 0 rings (SSSR count). The number of unbranched alkanes of at least 4 members (excludes halogenated alkanes) is 16. The van der Waals surface area contributed by atoms with E-state index < -0.39 is 7.82 Å². The van der Waals surface area contributed by atoms with E-state index in [4.69, 9.17) is 9.05 Å². The zero-order chi connectivity index (χ0) is 27.0. The summed E-state index contributed by atoms with van der Waals surface area (Å²) < 4.78 is 23.1. The minimum atomic E-state index is -3.97. The summed E-state index contributed by atoms with van der Waals surface area (Å²) in [5, 5.41) is 10.4. The zero-order valence-corrected chi connectivity index (χ0v) is 25.5. The van der Waals surface area contributed by atoms with Gasteiger partial charge in [0.15, 0.2) is 0 Å². The second-order valence-electron chi connectivity index (χ2n) is 11.4. The van der Waals surface area contributed by atoms with Crippen molar-refractivity contribution in [3.05, 3.63) is 0 Å². The van der Waals surface area contributed by atoms with Crippen LogP contribution in [0.15, 0.2) is 0 Å². The van der Waals surface area contributed by atoms with Crippen molar-refractivity contribution in [3.8, 4) is 0 Å². The molecule has 0 aromatic heterocycles. The van der Waals surface area contributed by atoms with Crippen LogP contribution in [0, 0.1) is 0 Å². The average Bonchev–Trinajstić information content (AvgIpc) is 2.81. The smallest absolute Gasteiger partial charge is 0.387 e. The molecule has 6 nitrogen and oxygen atoms in total. The quantitative estimate of drug-likeness (QED) is 0.0596. The Morgan fingerprint density at radius 3 is 1.50 bits per heavy atom. The lowest BCUT2D eigenvalue weighted by atomic mass is 10.1. The number of aliphatic hydroxyl groups excluding tert-OH is 1. The molecule has 0 spiro atoms. The van der Waals surface area contributed by atoms with E-state index >= 15 is 0 Å². The van der Waals surface area contributed by atoms with Crippen molar-refractivity contribution in [2.75, 3.05) is 40.4 Å². The van der Waals surface area contributed by atoms with Crippen molar-refractivity contribution in [2.24, 2.45) is 0 Å². The number of phosphoric ester groups is 1. The number of aliphatic hydroxyl groups is 1. The van der Waals surface area contributed by atoms with E-state index in [1.54, 1.807) is 0 Å². The summed E-state index contributed by atoms with van der Waals surface area (Å²) in [6.07, 6.45) is 23.6. The number of likely N-dealkylation sites (N-methyl/N-ethyl adjacent to an activating group) is 1. The Kier molecular flexibility index (Phi) is 24.1. The average molecular weight is 537 g/mol. The summed E-state index contributed by atoms with van der Waals surface area (Å²) >= 11 is 0. The lowest BCUT2D eigenvalue weighted by molar-refractivity contribution is -0.893. The fourth-order valence-electron chi connectivity index (χ4n) is 4.75. The van der Waals surface area contributed by atoms with E-state index in [0.717, 1.165) is 38.6 Å². The lowest BCUT2D eigenvalue weighted by Crippen LogP contribution is -2.46. The largest absolute Gasteiger partial charge is 0.472 e. The summed E-state index contributed by atoms with van der Waals surface area (Å²) in [4.78, 5) is 9.90. The van der Waals surface area contributed by atoms with E-state index in [1.807, 2.05) is 0 Å². The first-order valence-electron chi connectivity index (χ1n) is 15.3. The van der Waals surface area contributed by atoms with Gasteiger partial charge in [-0.1, -0.05) is 123 Å². The van der Waals surface area contributed by atoms with Crippen LogP contribution in [0.5, 0.6) is 0 Å². The SMILES string of the molecule is CCCCCCCCCCCCOP(=O)(O)OCCC[N+](C)(C)CC(O)CCCCCCCCCC. The van der Waals surface area contributed by atoms with Crippen LogP contribution in [0.2, 0.25) is 0 Å². The molecule has 36 heavy (non-hydrogen) atoms. The van der Waals surface area contributed by atoms with Gasteiger partial charge in [0.05, 0.1) is 33.9 Å². The van der Waals surface area contributed by atoms with Crippen LogP contribution in [-0.4, -0.2) is 61.0 Å². The van der Waals surface area contributed by atoms with Gasteiger partial charge in [-0.15, -0.1) is 0 Å². The number of nitrogens with zero attached hydrogens (tertiary/aromatic N) is 1. The van der Waals surface area contributed by atoms with Gasteiger partial charge in [0, 0.05) is 6.42 Å². The Hall–Kier alpha value is 0.0300. The summed E-state index contributed by atoms with van der Waals surface area (Å²) in [5.41, 5.74) is 0. The molecule has 0 aliphatic carbocycles. The van der Waals surface area contributed by atoms with E-state index in [9.17, 15) is 14.6 Å². The maximum absolute atomic E-state index is 12.1. The molecule has 2 unspecified atom stereocenters. The Morgan fingerprint density at radius 2 is 1.03 bits per heavy atom. The topological polar surface area (TPSA) is 76.0 Å². The van der Waals surface area contributed by atoms with Crippen molar-refractivity contribution in [1.82, 2.24) is 0 Å². The van der Waals surface area contributed by atoms with Crippen molar-refractivity contribution in [3.63, 3.8) is 0 Å². The molecule has 0 amide bonds. The molecule has 0 aliphatic rings. The molecule has 0 saturated heterocycles. The molecule has 218 valence electrons. The Balaban J connectivity index is 3.71.